The van der Waals surface area contributed by atoms with E-state index in [1.165, 1.54) is 41.0 Å². The number of benzene rings is 2. The summed E-state index contributed by atoms with van der Waals surface area (Å²) >= 11 is 5.52. The Morgan fingerprint density at radius 1 is 0.724 bits per heavy atom. The Kier molecular flexibility index (Phi) is 8.10. The molecule has 0 saturated carbocycles. The molecule has 0 unspecified atom stereocenters. The van der Waals surface area contributed by atoms with E-state index in [9.17, 15) is 0 Å². The molecule has 0 aliphatic carbocycles. The maximum absolute atomic E-state index is 5.52. The van der Waals surface area contributed by atoms with Crippen LogP contribution in [0.2, 0.25) is 0 Å². The summed E-state index contributed by atoms with van der Waals surface area (Å²) in [5.41, 5.74) is 5.55. The number of rotatable bonds is 9. The van der Waals surface area contributed by atoms with Crippen LogP contribution < -0.4 is 9.80 Å². The van der Waals surface area contributed by atoms with E-state index >= 15 is 0 Å². The smallest absolute Gasteiger partial charge is 0.0988 e. The van der Waals surface area contributed by atoms with Gasteiger partial charge < -0.3 is 9.80 Å². The van der Waals surface area contributed by atoms with Gasteiger partial charge in [0.2, 0.25) is 0 Å². The molecule has 0 saturated heterocycles. The third-order valence-electron chi connectivity index (χ3n) is 6.96. The first-order valence-corrected chi connectivity index (χ1v) is 13.7. The summed E-state index contributed by atoms with van der Waals surface area (Å²) < 4.78 is -0.300. The molecule has 1 atom stereocenters. The summed E-state index contributed by atoms with van der Waals surface area (Å²) in [6.45, 7) is 9.61. The van der Waals surface area contributed by atoms with Crippen LogP contribution in [0.5, 0.6) is 0 Å². The highest BCUT2D eigenvalue weighted by molar-refractivity contribution is 7.84. The summed E-state index contributed by atoms with van der Waals surface area (Å²) in [7, 11) is 7.22. The highest BCUT2D eigenvalue weighted by Crippen LogP contribution is 2.68. The van der Waals surface area contributed by atoms with Gasteiger partial charge in [-0.3, -0.25) is 0 Å². The molecule has 0 aliphatic rings. The fourth-order valence-corrected chi connectivity index (χ4v) is 9.67. The molecule has 2 rings (SSSR count). The molecule has 0 fully saturated rings. The average molecular weight is 432 g/mol. The van der Waals surface area contributed by atoms with Crippen molar-refractivity contribution in [1.29, 1.82) is 0 Å². The molecule has 0 spiro atoms. The highest BCUT2D eigenvalue weighted by Gasteiger charge is 2.51. The molecule has 160 valence electrons. The Bertz CT molecular complexity index is 705. The van der Waals surface area contributed by atoms with Gasteiger partial charge in [0.05, 0.1) is 28.9 Å². The largest absolute Gasteiger partial charge is 0.378 e. The van der Waals surface area contributed by atoms with Gasteiger partial charge in [-0.15, -0.1) is 0 Å². The van der Waals surface area contributed by atoms with Crippen molar-refractivity contribution in [1.82, 2.24) is 0 Å². The first-order valence-electron chi connectivity index (χ1n) is 10.8. The zero-order valence-corrected chi connectivity index (χ0v) is 21.4. The molecule has 0 heterocycles. The molecule has 2 aromatic rings. The number of hydrogen-bond acceptors (Lipinski definition) is 3. The van der Waals surface area contributed by atoms with Crippen molar-refractivity contribution in [2.45, 2.75) is 38.1 Å². The molecule has 4 heteroatoms. The van der Waals surface area contributed by atoms with Crippen LogP contribution in [0, 0.1) is 0 Å². The van der Waals surface area contributed by atoms with Gasteiger partial charge in [0.1, 0.15) is 0 Å². The number of nitrogens with zero attached hydrogens (tertiary/aromatic N) is 2. The van der Waals surface area contributed by atoms with E-state index in [0.717, 1.165) is 0 Å². The molecule has 0 bridgehead atoms. The topological polar surface area (TPSA) is 6.48 Å². The molecule has 2 nitrogen and oxygen atoms in total. The first-order chi connectivity index (χ1) is 13.7. The molecule has 0 aromatic heterocycles. The van der Waals surface area contributed by atoms with E-state index in [1.807, 2.05) is 0 Å². The SMILES string of the molecule is CC[P+](CC)(CC)[C@@H](C)C(S)(c1ccc(N(C)C)cc1)c1ccc(N(C)C)cc1. The molecule has 0 radical (unpaired) electrons. The first kappa shape index (κ1) is 24.1. The second kappa shape index (κ2) is 9.75. The number of anilines is 2. The predicted octanol–water partition coefficient (Wildman–Crippen LogP) is 6.46. The van der Waals surface area contributed by atoms with Gasteiger partial charge in [0, 0.05) is 46.8 Å². The fourth-order valence-electron chi connectivity index (χ4n) is 4.57. The van der Waals surface area contributed by atoms with Crippen molar-refractivity contribution in [3.63, 3.8) is 0 Å². The normalized spacial score (nSPS) is 13.3. The minimum atomic E-state index is -1.14. The van der Waals surface area contributed by atoms with Crippen LogP contribution in [-0.4, -0.2) is 52.3 Å². The van der Waals surface area contributed by atoms with E-state index in [-0.39, 0.29) is 4.75 Å². The van der Waals surface area contributed by atoms with E-state index in [4.69, 9.17) is 12.6 Å². The van der Waals surface area contributed by atoms with E-state index < -0.39 is 7.26 Å². The molecular weight excluding hydrogens is 391 g/mol. The molecule has 0 aliphatic heterocycles. The van der Waals surface area contributed by atoms with Crippen LogP contribution in [0.1, 0.15) is 38.8 Å². The van der Waals surface area contributed by atoms with Crippen molar-refractivity contribution >= 4 is 31.3 Å². The van der Waals surface area contributed by atoms with Gasteiger partial charge in [-0.25, -0.2) is 0 Å². The van der Waals surface area contributed by atoms with Crippen molar-refractivity contribution < 1.29 is 0 Å². The Balaban J connectivity index is 2.66. The minimum Gasteiger partial charge on any atom is -0.378 e. The molecule has 0 amide bonds. The van der Waals surface area contributed by atoms with Gasteiger partial charge in [-0.1, -0.05) is 24.3 Å². The number of hydrogen-bond donors (Lipinski definition) is 1. The van der Waals surface area contributed by atoms with Crippen molar-refractivity contribution in [3.8, 4) is 0 Å². The van der Waals surface area contributed by atoms with Gasteiger partial charge in [0.15, 0.2) is 0 Å². The Morgan fingerprint density at radius 3 is 1.28 bits per heavy atom. The van der Waals surface area contributed by atoms with Crippen LogP contribution in [-0.2, 0) is 4.75 Å². The van der Waals surface area contributed by atoms with Crippen molar-refractivity contribution in [2.24, 2.45) is 0 Å². The monoisotopic (exact) mass is 431 g/mol. The van der Waals surface area contributed by atoms with Crippen molar-refractivity contribution in [3.05, 3.63) is 59.7 Å². The third kappa shape index (κ3) is 4.62. The Hall–Kier alpha value is -1.18. The van der Waals surface area contributed by atoms with Crippen LogP contribution in [0.3, 0.4) is 0 Å². The van der Waals surface area contributed by atoms with Crippen LogP contribution in [0.25, 0.3) is 0 Å². The van der Waals surface area contributed by atoms with Gasteiger partial charge in [-0.2, -0.15) is 12.6 Å². The predicted molar refractivity (Wildman–Crippen MR) is 139 cm³/mol. The number of thiol groups is 1. The quantitative estimate of drug-likeness (QED) is 0.360. The second-order valence-corrected chi connectivity index (χ2v) is 14.3. The van der Waals surface area contributed by atoms with Gasteiger partial charge in [0.25, 0.3) is 0 Å². The van der Waals surface area contributed by atoms with E-state index in [0.29, 0.717) is 5.66 Å². The van der Waals surface area contributed by atoms with Gasteiger partial charge in [-0.05, 0) is 63.1 Å². The lowest BCUT2D eigenvalue weighted by Crippen LogP contribution is -2.37. The van der Waals surface area contributed by atoms with Crippen LogP contribution in [0.4, 0.5) is 11.4 Å². The second-order valence-electron chi connectivity index (χ2n) is 8.49. The lowest BCUT2D eigenvalue weighted by Gasteiger charge is -2.42. The maximum atomic E-state index is 5.52. The standard InChI is InChI=1S/C25H39N2PS/c1-9-28(10-2,11-3)20(4)25(29,21-12-16-23(17-13-21)26(5)6)22-14-18-24(19-15-22)27(7)8/h12-20H,9-11H2,1-8H3/p+1/t20-/m0/s1. The van der Waals surface area contributed by atoms with Crippen LogP contribution >= 0.6 is 19.9 Å². The summed E-state index contributed by atoms with van der Waals surface area (Å²) in [6.07, 6.45) is 3.82. The maximum Gasteiger partial charge on any atom is 0.0988 e. The molecular formula is C25H40N2PS+. The minimum absolute atomic E-state index is 0.300. The fraction of sp³-hybridized carbons (Fsp3) is 0.520. The molecule has 29 heavy (non-hydrogen) atoms. The van der Waals surface area contributed by atoms with Gasteiger partial charge >= 0.3 is 0 Å². The summed E-state index contributed by atoms with van der Waals surface area (Å²) in [5, 5.41) is 0. The zero-order chi connectivity index (χ0) is 21.8. The Labute approximate surface area is 185 Å². The third-order valence-corrected chi connectivity index (χ3v) is 13.9. The molecule has 0 N–H and O–H groups in total. The highest BCUT2D eigenvalue weighted by atomic mass is 32.1. The summed E-state index contributed by atoms with van der Waals surface area (Å²) in [4.78, 5) is 4.31. The average Bonchev–Trinajstić information content (AvgIpc) is 2.74. The van der Waals surface area contributed by atoms with E-state index in [2.05, 4.69) is 114 Å². The Morgan fingerprint density at radius 2 is 1.03 bits per heavy atom. The summed E-state index contributed by atoms with van der Waals surface area (Å²) in [6, 6.07) is 18.1. The lowest BCUT2D eigenvalue weighted by atomic mass is 9.87. The lowest BCUT2D eigenvalue weighted by molar-refractivity contribution is 0.713. The van der Waals surface area contributed by atoms with Crippen molar-refractivity contribution in [2.75, 3.05) is 56.5 Å². The van der Waals surface area contributed by atoms with E-state index in [1.54, 1.807) is 0 Å². The molecule has 2 aromatic carbocycles. The summed E-state index contributed by atoms with van der Waals surface area (Å²) in [5.74, 6) is 0. The zero-order valence-electron chi connectivity index (χ0n) is 19.6. The van der Waals surface area contributed by atoms with Crippen LogP contribution in [0.15, 0.2) is 48.5 Å².